The average molecular weight is 473 g/mol. The maximum atomic E-state index is 10.7. The first-order valence-corrected chi connectivity index (χ1v) is 11.1. The van der Waals surface area contributed by atoms with Crippen LogP contribution in [0.25, 0.3) is 33.9 Å². The summed E-state index contributed by atoms with van der Waals surface area (Å²) in [5, 5.41) is 16.2. The summed E-state index contributed by atoms with van der Waals surface area (Å²) in [4.78, 5) is 20.1. The maximum Gasteiger partial charge on any atom is 0.404 e. The first-order valence-electron chi connectivity index (χ1n) is 10.7. The Balaban J connectivity index is 1.55. The van der Waals surface area contributed by atoms with Crippen molar-refractivity contribution in [1.29, 1.82) is 0 Å². The summed E-state index contributed by atoms with van der Waals surface area (Å²) in [5.74, 6) is 0.683. The maximum absolute atomic E-state index is 10.7. The van der Waals surface area contributed by atoms with E-state index in [0.717, 1.165) is 39.4 Å². The van der Waals surface area contributed by atoms with E-state index in [9.17, 15) is 4.79 Å². The molecular formula is C25H21ClN6O2. The number of pyridine rings is 1. The van der Waals surface area contributed by atoms with Crippen molar-refractivity contribution in [2.45, 2.75) is 13.3 Å². The number of carbonyl (C=O) groups is 1. The SMILES string of the molecule is Cc1ccn(-c2ccc(-c3nc4cccnc4n3-c3ccc(CCNC(=O)O)cc3)c(Cl)c2)n1. The van der Waals surface area contributed by atoms with Crippen molar-refractivity contribution in [1.82, 2.24) is 29.6 Å². The molecule has 0 radical (unpaired) electrons. The van der Waals surface area contributed by atoms with Crippen LogP contribution in [0.4, 0.5) is 4.79 Å². The molecule has 0 spiro atoms. The van der Waals surface area contributed by atoms with Gasteiger partial charge in [-0.25, -0.2) is 19.4 Å². The molecule has 2 N–H and O–H groups in total. The lowest BCUT2D eigenvalue weighted by Gasteiger charge is -2.12. The minimum atomic E-state index is -1.03. The number of rotatable bonds is 6. The lowest BCUT2D eigenvalue weighted by Crippen LogP contribution is -2.23. The number of hydrogen-bond donors (Lipinski definition) is 2. The number of nitrogens with zero attached hydrogens (tertiary/aromatic N) is 5. The monoisotopic (exact) mass is 472 g/mol. The van der Waals surface area contributed by atoms with Gasteiger partial charge in [0.15, 0.2) is 5.65 Å². The van der Waals surface area contributed by atoms with Crippen LogP contribution in [0.3, 0.4) is 0 Å². The van der Waals surface area contributed by atoms with Crippen molar-refractivity contribution < 1.29 is 9.90 Å². The zero-order valence-electron chi connectivity index (χ0n) is 18.3. The molecule has 5 rings (SSSR count). The highest BCUT2D eigenvalue weighted by atomic mass is 35.5. The number of hydrogen-bond acceptors (Lipinski definition) is 4. The van der Waals surface area contributed by atoms with Crippen LogP contribution in [-0.2, 0) is 6.42 Å². The lowest BCUT2D eigenvalue weighted by atomic mass is 10.1. The molecular weight excluding hydrogens is 452 g/mol. The summed E-state index contributed by atoms with van der Waals surface area (Å²) in [6, 6.07) is 19.4. The van der Waals surface area contributed by atoms with Crippen LogP contribution in [0.5, 0.6) is 0 Å². The molecule has 9 heteroatoms. The van der Waals surface area contributed by atoms with Gasteiger partial charge in [-0.05, 0) is 67.4 Å². The molecule has 0 aliphatic carbocycles. The lowest BCUT2D eigenvalue weighted by molar-refractivity contribution is 0.194. The third-order valence-corrected chi connectivity index (χ3v) is 5.79. The number of amides is 1. The topological polar surface area (TPSA) is 97.9 Å². The van der Waals surface area contributed by atoms with E-state index >= 15 is 0 Å². The quantitative estimate of drug-likeness (QED) is 0.360. The van der Waals surface area contributed by atoms with Gasteiger partial charge in [0, 0.05) is 30.2 Å². The molecule has 3 heterocycles. The molecule has 0 atom stereocenters. The molecule has 0 fully saturated rings. The first-order chi connectivity index (χ1) is 16.5. The minimum Gasteiger partial charge on any atom is -0.465 e. The normalized spacial score (nSPS) is 11.1. The van der Waals surface area contributed by atoms with Crippen LogP contribution < -0.4 is 5.32 Å². The van der Waals surface area contributed by atoms with Gasteiger partial charge in [-0.2, -0.15) is 5.10 Å². The van der Waals surface area contributed by atoms with Gasteiger partial charge in [0.25, 0.3) is 0 Å². The van der Waals surface area contributed by atoms with Crippen LogP contribution in [0, 0.1) is 6.92 Å². The highest BCUT2D eigenvalue weighted by Crippen LogP contribution is 2.33. The van der Waals surface area contributed by atoms with Crippen LogP contribution in [-0.4, -0.2) is 42.1 Å². The van der Waals surface area contributed by atoms with Gasteiger partial charge >= 0.3 is 6.09 Å². The van der Waals surface area contributed by atoms with E-state index in [2.05, 4.69) is 15.4 Å². The van der Waals surface area contributed by atoms with Crippen molar-refractivity contribution >= 4 is 28.9 Å². The van der Waals surface area contributed by atoms with Crippen LogP contribution in [0.15, 0.2) is 73.1 Å². The number of benzene rings is 2. The Morgan fingerprint density at radius 3 is 2.59 bits per heavy atom. The predicted octanol–water partition coefficient (Wildman–Crippen LogP) is 5.05. The fraction of sp³-hybridized carbons (Fsp3) is 0.120. The number of carboxylic acid groups (broad SMARTS) is 1. The van der Waals surface area contributed by atoms with Crippen molar-refractivity contribution in [2.75, 3.05) is 6.54 Å². The second-order valence-electron chi connectivity index (χ2n) is 7.83. The molecule has 8 nitrogen and oxygen atoms in total. The second-order valence-corrected chi connectivity index (χ2v) is 8.24. The van der Waals surface area contributed by atoms with Gasteiger partial charge in [0.1, 0.15) is 11.3 Å². The number of nitrogens with one attached hydrogen (secondary N) is 1. The Kier molecular flexibility index (Phi) is 5.73. The Labute approximate surface area is 200 Å². The number of aromatic nitrogens is 5. The molecule has 5 aromatic rings. The Bertz CT molecular complexity index is 1490. The van der Waals surface area contributed by atoms with Crippen LogP contribution in [0.2, 0.25) is 5.02 Å². The van der Waals surface area contributed by atoms with Gasteiger partial charge in [-0.15, -0.1) is 0 Å². The van der Waals surface area contributed by atoms with Crippen molar-refractivity contribution in [3.05, 3.63) is 89.3 Å². The summed E-state index contributed by atoms with van der Waals surface area (Å²) in [7, 11) is 0. The molecule has 170 valence electrons. The van der Waals surface area contributed by atoms with E-state index in [-0.39, 0.29) is 0 Å². The molecule has 0 unspecified atom stereocenters. The molecule has 0 saturated carbocycles. The van der Waals surface area contributed by atoms with Gasteiger partial charge in [0.05, 0.1) is 16.4 Å². The third-order valence-electron chi connectivity index (χ3n) is 5.48. The predicted molar refractivity (Wildman–Crippen MR) is 131 cm³/mol. The summed E-state index contributed by atoms with van der Waals surface area (Å²) in [5.41, 5.74) is 5.96. The number of halogens is 1. The molecule has 0 saturated heterocycles. The third kappa shape index (κ3) is 4.23. The number of aryl methyl sites for hydroxylation is 1. The standard InChI is InChI=1S/C25H21ClN6O2/c1-16-11-14-31(30-16)19-8-9-20(21(26)15-19)23-29-22-3-2-12-27-24(22)32(23)18-6-4-17(5-7-18)10-13-28-25(33)34/h2-9,11-12,14-15,28H,10,13H2,1H3,(H,33,34). The van der Waals surface area contributed by atoms with Crippen molar-refractivity contribution in [3.8, 4) is 22.8 Å². The number of fused-ring (bicyclic) bond motifs is 1. The smallest absolute Gasteiger partial charge is 0.404 e. The van der Waals surface area contributed by atoms with Gasteiger partial charge in [-0.3, -0.25) is 4.57 Å². The Hall–Kier alpha value is -4.17. The van der Waals surface area contributed by atoms with Crippen LogP contribution >= 0.6 is 11.6 Å². The van der Waals surface area contributed by atoms with Crippen molar-refractivity contribution in [2.24, 2.45) is 0 Å². The molecule has 0 aliphatic heterocycles. The Morgan fingerprint density at radius 2 is 1.88 bits per heavy atom. The van der Waals surface area contributed by atoms with E-state index in [1.807, 2.05) is 78.4 Å². The highest BCUT2D eigenvalue weighted by molar-refractivity contribution is 6.33. The molecule has 34 heavy (non-hydrogen) atoms. The number of imidazole rings is 1. The summed E-state index contributed by atoms with van der Waals surface area (Å²) in [6.45, 7) is 2.29. The van der Waals surface area contributed by atoms with Crippen molar-refractivity contribution in [3.63, 3.8) is 0 Å². The summed E-state index contributed by atoms with van der Waals surface area (Å²) < 4.78 is 3.76. The fourth-order valence-electron chi connectivity index (χ4n) is 3.85. The van der Waals surface area contributed by atoms with Gasteiger partial charge in [-0.1, -0.05) is 23.7 Å². The average Bonchev–Trinajstić information content (AvgIpc) is 3.43. The zero-order chi connectivity index (χ0) is 23.7. The summed E-state index contributed by atoms with van der Waals surface area (Å²) in [6.07, 6.45) is 3.21. The van der Waals surface area contributed by atoms with E-state index in [4.69, 9.17) is 21.7 Å². The summed E-state index contributed by atoms with van der Waals surface area (Å²) >= 11 is 6.75. The van der Waals surface area contributed by atoms with E-state index in [1.165, 1.54) is 0 Å². The first kappa shape index (κ1) is 21.7. The highest BCUT2D eigenvalue weighted by Gasteiger charge is 2.18. The minimum absolute atomic E-state index is 0.354. The fourth-order valence-corrected chi connectivity index (χ4v) is 4.11. The van der Waals surface area contributed by atoms with Gasteiger partial charge in [0.2, 0.25) is 0 Å². The molecule has 2 aromatic carbocycles. The largest absolute Gasteiger partial charge is 0.465 e. The van der Waals surface area contributed by atoms with Crippen LogP contribution in [0.1, 0.15) is 11.3 Å². The Morgan fingerprint density at radius 1 is 1.09 bits per heavy atom. The van der Waals surface area contributed by atoms with E-state index < -0.39 is 6.09 Å². The van der Waals surface area contributed by atoms with Gasteiger partial charge < -0.3 is 10.4 Å². The zero-order valence-corrected chi connectivity index (χ0v) is 19.1. The molecule has 0 aliphatic rings. The van der Waals surface area contributed by atoms with E-state index in [1.54, 1.807) is 10.9 Å². The van der Waals surface area contributed by atoms with E-state index in [0.29, 0.717) is 23.8 Å². The molecule has 3 aromatic heterocycles. The second kappa shape index (κ2) is 8.99. The molecule has 1 amide bonds. The molecule has 0 bridgehead atoms.